The van der Waals surface area contributed by atoms with Gasteiger partial charge in [-0.3, -0.25) is 9.59 Å². The largest absolute Gasteiger partial charge is 0.467 e. The molecule has 1 N–H and O–H groups in total. The molecule has 0 aliphatic carbocycles. The number of Topliss-reactive ketones (excluding diaryl/α,β-unsaturated/α-hetero) is 1. The Labute approximate surface area is 144 Å². The lowest BCUT2D eigenvalue weighted by molar-refractivity contribution is -0.118. The first-order chi connectivity index (χ1) is 12.0. The number of aromatic nitrogens is 2. The molecule has 0 atom stereocenters. The van der Waals surface area contributed by atoms with Crippen LogP contribution in [0.1, 0.15) is 28.6 Å². The summed E-state index contributed by atoms with van der Waals surface area (Å²) in [6, 6.07) is 6.65. The van der Waals surface area contributed by atoms with E-state index in [-0.39, 0.29) is 18.3 Å². The van der Waals surface area contributed by atoms with Crippen molar-refractivity contribution in [2.75, 3.05) is 11.9 Å². The van der Waals surface area contributed by atoms with Crippen molar-refractivity contribution >= 4 is 28.5 Å². The van der Waals surface area contributed by atoms with Gasteiger partial charge in [0.2, 0.25) is 11.6 Å². The molecule has 2 aromatic heterocycles. The van der Waals surface area contributed by atoms with Gasteiger partial charge in [-0.1, -0.05) is 0 Å². The van der Waals surface area contributed by atoms with Crippen LogP contribution in [0.15, 0.2) is 35.0 Å². The third-order valence-electron chi connectivity index (χ3n) is 3.85. The van der Waals surface area contributed by atoms with Crippen LogP contribution in [0.25, 0.3) is 11.1 Å². The van der Waals surface area contributed by atoms with Crippen molar-refractivity contribution in [3.8, 4) is 5.88 Å². The normalized spacial score (nSPS) is 10.7. The summed E-state index contributed by atoms with van der Waals surface area (Å²) in [7, 11) is 0. The number of ether oxygens (including phenoxy) is 1. The molecule has 0 aliphatic rings. The monoisotopic (exact) mass is 339 g/mol. The summed E-state index contributed by atoms with van der Waals surface area (Å²) in [6.07, 6.45) is 1.33. The maximum atomic E-state index is 12.1. The Kier molecular flexibility index (Phi) is 4.47. The van der Waals surface area contributed by atoms with Crippen LogP contribution in [0.2, 0.25) is 0 Å². The first kappa shape index (κ1) is 16.6. The fourth-order valence-electron chi connectivity index (χ4n) is 2.38. The van der Waals surface area contributed by atoms with Crippen LogP contribution in [-0.4, -0.2) is 28.3 Å². The molecule has 1 aromatic carbocycles. The number of furan rings is 1. The number of aryl methyl sites for hydroxylation is 2. The SMILES string of the molecule is CC(=O)c1ccc(NC(=O)COc2ncnc3oc(C)c(C)c23)cc1. The fraction of sp³-hybridized carbons (Fsp3) is 0.222. The van der Waals surface area contributed by atoms with Crippen LogP contribution in [-0.2, 0) is 4.79 Å². The van der Waals surface area contributed by atoms with E-state index in [4.69, 9.17) is 9.15 Å². The lowest BCUT2D eigenvalue weighted by Gasteiger charge is -2.08. The summed E-state index contributed by atoms with van der Waals surface area (Å²) >= 11 is 0. The maximum absolute atomic E-state index is 12.1. The minimum Gasteiger partial charge on any atom is -0.467 e. The average Bonchev–Trinajstić information content (AvgIpc) is 2.88. The van der Waals surface area contributed by atoms with E-state index in [0.717, 1.165) is 11.3 Å². The molecule has 2 heterocycles. The number of carbonyl (C=O) groups is 2. The van der Waals surface area contributed by atoms with E-state index in [9.17, 15) is 9.59 Å². The number of anilines is 1. The molecule has 0 radical (unpaired) electrons. The number of nitrogens with zero attached hydrogens (tertiary/aromatic N) is 2. The number of hydrogen-bond donors (Lipinski definition) is 1. The smallest absolute Gasteiger partial charge is 0.262 e. The quantitative estimate of drug-likeness (QED) is 0.718. The van der Waals surface area contributed by atoms with Crippen LogP contribution in [0, 0.1) is 13.8 Å². The van der Waals surface area contributed by atoms with Crippen LogP contribution >= 0.6 is 0 Å². The zero-order valence-electron chi connectivity index (χ0n) is 14.1. The number of ketones is 1. The number of hydrogen-bond acceptors (Lipinski definition) is 6. The number of benzene rings is 1. The Balaban J connectivity index is 1.67. The predicted octanol–water partition coefficient (Wildman–Crippen LogP) is 3.06. The highest BCUT2D eigenvalue weighted by Gasteiger charge is 2.15. The van der Waals surface area contributed by atoms with Crippen molar-refractivity contribution in [1.82, 2.24) is 9.97 Å². The van der Waals surface area contributed by atoms with Gasteiger partial charge >= 0.3 is 0 Å². The average molecular weight is 339 g/mol. The van der Waals surface area contributed by atoms with Gasteiger partial charge < -0.3 is 14.5 Å². The molecule has 25 heavy (non-hydrogen) atoms. The lowest BCUT2D eigenvalue weighted by atomic mass is 10.1. The van der Waals surface area contributed by atoms with Gasteiger partial charge in [0.05, 0.1) is 0 Å². The Morgan fingerprint density at radius 1 is 1.16 bits per heavy atom. The van der Waals surface area contributed by atoms with Crippen LogP contribution < -0.4 is 10.1 Å². The second-order valence-electron chi connectivity index (χ2n) is 5.61. The Hall–Kier alpha value is -3.22. The van der Waals surface area contributed by atoms with Gasteiger partial charge in [0.25, 0.3) is 5.91 Å². The highest BCUT2D eigenvalue weighted by molar-refractivity contribution is 5.96. The minimum atomic E-state index is -0.333. The van der Waals surface area contributed by atoms with E-state index < -0.39 is 0 Å². The van der Waals surface area contributed by atoms with Gasteiger partial charge in [0.15, 0.2) is 12.4 Å². The molecule has 3 aromatic rings. The summed E-state index contributed by atoms with van der Waals surface area (Å²) in [4.78, 5) is 31.4. The molecule has 7 nitrogen and oxygen atoms in total. The van der Waals surface area contributed by atoms with Crippen molar-refractivity contribution in [3.05, 3.63) is 47.5 Å². The summed E-state index contributed by atoms with van der Waals surface area (Å²) in [6.45, 7) is 5.00. The molecule has 0 saturated heterocycles. The first-order valence-corrected chi connectivity index (χ1v) is 7.70. The molecule has 7 heteroatoms. The zero-order chi connectivity index (χ0) is 18.0. The third-order valence-corrected chi connectivity index (χ3v) is 3.85. The number of fused-ring (bicyclic) bond motifs is 1. The highest BCUT2D eigenvalue weighted by atomic mass is 16.5. The molecular weight excluding hydrogens is 322 g/mol. The van der Waals surface area contributed by atoms with Crippen LogP contribution in [0.3, 0.4) is 0 Å². The van der Waals surface area contributed by atoms with E-state index in [1.807, 2.05) is 13.8 Å². The first-order valence-electron chi connectivity index (χ1n) is 7.70. The number of amides is 1. The Bertz CT molecular complexity index is 945. The van der Waals surface area contributed by atoms with Crippen molar-refractivity contribution in [2.24, 2.45) is 0 Å². The molecule has 0 spiro atoms. The molecule has 0 fully saturated rings. The number of rotatable bonds is 5. The third kappa shape index (κ3) is 3.50. The van der Waals surface area contributed by atoms with Gasteiger partial charge in [0.1, 0.15) is 17.5 Å². The second-order valence-corrected chi connectivity index (χ2v) is 5.61. The van der Waals surface area contributed by atoms with E-state index in [2.05, 4.69) is 15.3 Å². The van der Waals surface area contributed by atoms with E-state index in [1.54, 1.807) is 24.3 Å². The summed E-state index contributed by atoms with van der Waals surface area (Å²) < 4.78 is 11.0. The minimum absolute atomic E-state index is 0.0280. The second kappa shape index (κ2) is 6.72. The lowest BCUT2D eigenvalue weighted by Crippen LogP contribution is -2.20. The molecular formula is C18H17N3O4. The van der Waals surface area contributed by atoms with Crippen molar-refractivity contribution in [2.45, 2.75) is 20.8 Å². The van der Waals surface area contributed by atoms with E-state index >= 15 is 0 Å². The molecule has 1 amide bonds. The topological polar surface area (TPSA) is 94.3 Å². The molecule has 0 bridgehead atoms. The summed E-state index contributed by atoms with van der Waals surface area (Å²) in [5.74, 6) is 0.678. The van der Waals surface area contributed by atoms with Crippen molar-refractivity contribution < 1.29 is 18.7 Å². The van der Waals surface area contributed by atoms with Gasteiger partial charge in [-0.05, 0) is 45.0 Å². The van der Waals surface area contributed by atoms with Crippen LogP contribution in [0.5, 0.6) is 5.88 Å². The van der Waals surface area contributed by atoms with Crippen LogP contribution in [0.4, 0.5) is 5.69 Å². The Morgan fingerprint density at radius 3 is 2.56 bits per heavy atom. The van der Waals surface area contributed by atoms with Crippen molar-refractivity contribution in [1.29, 1.82) is 0 Å². The number of carbonyl (C=O) groups excluding carboxylic acids is 2. The summed E-state index contributed by atoms with van der Waals surface area (Å²) in [5, 5.41) is 3.37. The molecule has 0 unspecified atom stereocenters. The van der Waals surface area contributed by atoms with E-state index in [0.29, 0.717) is 28.2 Å². The highest BCUT2D eigenvalue weighted by Crippen LogP contribution is 2.29. The predicted molar refractivity (Wildman–Crippen MR) is 91.8 cm³/mol. The standard InChI is InChI=1S/C18H17N3O4/c1-10-12(3)25-18-16(10)17(19-9-20-18)24-8-15(23)21-14-6-4-13(5-7-14)11(2)22/h4-7,9H,8H2,1-3H3,(H,21,23). The maximum Gasteiger partial charge on any atom is 0.262 e. The Morgan fingerprint density at radius 2 is 1.88 bits per heavy atom. The summed E-state index contributed by atoms with van der Waals surface area (Å²) in [5.41, 5.74) is 2.48. The van der Waals surface area contributed by atoms with Gasteiger partial charge in [-0.25, -0.2) is 9.97 Å². The van der Waals surface area contributed by atoms with Gasteiger partial charge in [-0.15, -0.1) is 0 Å². The molecule has 128 valence electrons. The van der Waals surface area contributed by atoms with Gasteiger partial charge in [-0.2, -0.15) is 0 Å². The number of nitrogens with one attached hydrogen (secondary N) is 1. The molecule has 0 saturated carbocycles. The van der Waals surface area contributed by atoms with Crippen molar-refractivity contribution in [3.63, 3.8) is 0 Å². The molecule has 0 aliphatic heterocycles. The fourth-order valence-corrected chi connectivity index (χ4v) is 2.38. The van der Waals surface area contributed by atoms with Gasteiger partial charge in [0, 0.05) is 16.8 Å². The zero-order valence-corrected chi connectivity index (χ0v) is 14.1. The van der Waals surface area contributed by atoms with E-state index in [1.165, 1.54) is 13.3 Å². The molecule has 3 rings (SSSR count).